The lowest BCUT2D eigenvalue weighted by molar-refractivity contribution is 0.102. The van der Waals surface area contributed by atoms with E-state index in [0.29, 0.717) is 22.6 Å². The maximum absolute atomic E-state index is 12.6. The van der Waals surface area contributed by atoms with E-state index in [4.69, 9.17) is 4.74 Å². The highest BCUT2D eigenvalue weighted by Crippen LogP contribution is 2.24. The van der Waals surface area contributed by atoms with Crippen LogP contribution < -0.4 is 10.1 Å². The number of ether oxygens (including phenoxy) is 1. The third kappa shape index (κ3) is 3.67. The van der Waals surface area contributed by atoms with Crippen LogP contribution in [0.1, 0.15) is 29.8 Å². The van der Waals surface area contributed by atoms with Gasteiger partial charge in [0.15, 0.2) is 5.65 Å². The monoisotopic (exact) mass is 353 g/mol. The fraction of sp³-hybridized carbons (Fsp3) is 0.316. The van der Waals surface area contributed by atoms with Crippen molar-refractivity contribution in [3.63, 3.8) is 0 Å². The summed E-state index contributed by atoms with van der Waals surface area (Å²) < 4.78 is 6.92. The molecule has 0 aliphatic rings. The van der Waals surface area contributed by atoms with Gasteiger partial charge < -0.3 is 10.1 Å². The normalized spacial score (nSPS) is 11.1. The molecule has 2 aromatic heterocycles. The Morgan fingerprint density at radius 2 is 2.00 bits per heavy atom. The van der Waals surface area contributed by atoms with Gasteiger partial charge in [0.05, 0.1) is 19.0 Å². The first kappa shape index (κ1) is 17.9. The smallest absolute Gasteiger partial charge is 0.261 e. The number of amides is 1. The maximum atomic E-state index is 12.6. The number of rotatable bonds is 7. The fourth-order valence-electron chi connectivity index (χ4n) is 2.80. The van der Waals surface area contributed by atoms with Crippen LogP contribution in [0.5, 0.6) is 5.75 Å². The number of nitrogens with one attached hydrogen (secondary N) is 1. The molecule has 0 atom stereocenters. The molecule has 0 aliphatic carbocycles. The second-order valence-electron chi connectivity index (χ2n) is 5.90. The van der Waals surface area contributed by atoms with E-state index < -0.39 is 0 Å². The summed E-state index contributed by atoms with van der Waals surface area (Å²) in [6, 6.07) is 7.27. The molecule has 1 N–H and O–H groups in total. The van der Waals surface area contributed by atoms with Gasteiger partial charge in [-0.2, -0.15) is 5.10 Å². The van der Waals surface area contributed by atoms with Crippen molar-refractivity contribution in [2.45, 2.75) is 20.4 Å². The summed E-state index contributed by atoms with van der Waals surface area (Å²) in [7, 11) is 1.57. The highest BCUT2D eigenvalue weighted by Gasteiger charge is 2.16. The highest BCUT2D eigenvalue weighted by molar-refractivity contribution is 6.08. The molecule has 1 amide bonds. The maximum Gasteiger partial charge on any atom is 0.261 e. The van der Waals surface area contributed by atoms with Gasteiger partial charge in [-0.15, -0.1) is 0 Å². The molecular weight excluding hydrogens is 330 g/mol. The Balaban J connectivity index is 1.83. The molecule has 26 heavy (non-hydrogen) atoms. The predicted octanol–water partition coefficient (Wildman–Crippen LogP) is 2.83. The first-order valence-electron chi connectivity index (χ1n) is 8.65. The molecule has 7 nitrogen and oxygen atoms in total. The zero-order valence-corrected chi connectivity index (χ0v) is 15.3. The van der Waals surface area contributed by atoms with E-state index in [1.165, 1.54) is 6.20 Å². The van der Waals surface area contributed by atoms with E-state index in [1.54, 1.807) is 30.0 Å². The standard InChI is InChI=1S/C19H23N5O2/c1-4-23(5-2)12-14-10-20-18-15(11-21-24(18)13-14)19(25)22-16-8-6-7-9-17(16)26-3/h6-11,13H,4-5,12H2,1-3H3,(H,22,25). The zero-order valence-electron chi connectivity index (χ0n) is 15.3. The van der Waals surface area contributed by atoms with Gasteiger partial charge in [-0.1, -0.05) is 26.0 Å². The van der Waals surface area contributed by atoms with Gasteiger partial charge in [0.2, 0.25) is 0 Å². The topological polar surface area (TPSA) is 71.8 Å². The Hall–Kier alpha value is -2.93. The molecule has 0 aliphatic heterocycles. The summed E-state index contributed by atoms with van der Waals surface area (Å²) in [6.07, 6.45) is 5.25. The first-order chi connectivity index (χ1) is 12.7. The van der Waals surface area contributed by atoms with Crippen molar-refractivity contribution >= 4 is 17.2 Å². The molecule has 3 aromatic rings. The van der Waals surface area contributed by atoms with Crippen molar-refractivity contribution in [2.75, 3.05) is 25.5 Å². The van der Waals surface area contributed by atoms with Crippen LogP contribution in [-0.4, -0.2) is 45.6 Å². The van der Waals surface area contributed by atoms with E-state index in [2.05, 4.69) is 34.1 Å². The van der Waals surface area contributed by atoms with Crippen LogP contribution in [0.3, 0.4) is 0 Å². The van der Waals surface area contributed by atoms with Gasteiger partial charge in [-0.25, -0.2) is 9.50 Å². The van der Waals surface area contributed by atoms with Crippen molar-refractivity contribution in [1.29, 1.82) is 0 Å². The summed E-state index contributed by atoms with van der Waals surface area (Å²) in [5, 5.41) is 7.14. The Morgan fingerprint density at radius 3 is 2.73 bits per heavy atom. The number of para-hydroxylation sites is 2. The second kappa shape index (κ2) is 7.97. The number of nitrogens with zero attached hydrogens (tertiary/aromatic N) is 4. The van der Waals surface area contributed by atoms with E-state index in [1.807, 2.05) is 18.3 Å². The third-order valence-electron chi connectivity index (χ3n) is 4.31. The number of benzene rings is 1. The van der Waals surface area contributed by atoms with Gasteiger partial charge in [0.25, 0.3) is 5.91 Å². The van der Waals surface area contributed by atoms with Crippen molar-refractivity contribution in [1.82, 2.24) is 19.5 Å². The number of hydrogen-bond acceptors (Lipinski definition) is 5. The molecule has 0 unspecified atom stereocenters. The van der Waals surface area contributed by atoms with Gasteiger partial charge in [0, 0.05) is 24.5 Å². The second-order valence-corrected chi connectivity index (χ2v) is 5.90. The molecule has 7 heteroatoms. The van der Waals surface area contributed by atoms with E-state index in [9.17, 15) is 4.79 Å². The minimum absolute atomic E-state index is 0.270. The lowest BCUT2D eigenvalue weighted by atomic mass is 10.2. The van der Waals surface area contributed by atoms with Gasteiger partial charge in [0.1, 0.15) is 11.3 Å². The molecule has 0 saturated carbocycles. The summed E-state index contributed by atoms with van der Waals surface area (Å²) in [5.41, 5.74) is 2.62. The summed E-state index contributed by atoms with van der Waals surface area (Å²) in [4.78, 5) is 19.4. The number of carbonyl (C=O) groups is 1. The van der Waals surface area contributed by atoms with Crippen LogP contribution in [0.2, 0.25) is 0 Å². The van der Waals surface area contributed by atoms with E-state index in [0.717, 1.165) is 25.2 Å². The Kier molecular flexibility index (Phi) is 5.48. The molecule has 0 saturated heterocycles. The van der Waals surface area contributed by atoms with Gasteiger partial charge in [-0.3, -0.25) is 9.69 Å². The van der Waals surface area contributed by atoms with Crippen molar-refractivity contribution < 1.29 is 9.53 Å². The van der Waals surface area contributed by atoms with Gasteiger partial charge in [-0.05, 0) is 25.2 Å². The largest absolute Gasteiger partial charge is 0.495 e. The molecule has 0 bridgehead atoms. The number of aromatic nitrogens is 3. The molecule has 2 heterocycles. The average Bonchev–Trinajstić information content (AvgIpc) is 3.09. The molecular formula is C19H23N5O2. The van der Waals surface area contributed by atoms with Crippen LogP contribution >= 0.6 is 0 Å². The minimum atomic E-state index is -0.270. The Bertz CT molecular complexity index is 902. The Labute approximate surface area is 152 Å². The lowest BCUT2D eigenvalue weighted by Gasteiger charge is -2.17. The molecule has 0 spiro atoms. The van der Waals surface area contributed by atoms with E-state index >= 15 is 0 Å². The molecule has 3 rings (SSSR count). The molecule has 0 radical (unpaired) electrons. The van der Waals surface area contributed by atoms with Crippen molar-refractivity contribution in [3.8, 4) is 5.75 Å². The first-order valence-corrected chi connectivity index (χ1v) is 8.65. The lowest BCUT2D eigenvalue weighted by Crippen LogP contribution is -2.22. The van der Waals surface area contributed by atoms with Crippen LogP contribution in [0.15, 0.2) is 42.9 Å². The van der Waals surface area contributed by atoms with Crippen LogP contribution in [0, 0.1) is 0 Å². The van der Waals surface area contributed by atoms with Crippen molar-refractivity contribution in [2.24, 2.45) is 0 Å². The van der Waals surface area contributed by atoms with Crippen LogP contribution in [0.25, 0.3) is 5.65 Å². The zero-order chi connectivity index (χ0) is 18.5. The SMILES string of the molecule is CCN(CC)Cc1cnc2c(C(=O)Nc3ccccc3OC)cnn2c1. The molecule has 1 aromatic carbocycles. The van der Waals surface area contributed by atoms with Crippen LogP contribution in [0.4, 0.5) is 5.69 Å². The number of hydrogen-bond donors (Lipinski definition) is 1. The number of anilines is 1. The minimum Gasteiger partial charge on any atom is -0.495 e. The number of carbonyl (C=O) groups excluding carboxylic acids is 1. The van der Waals surface area contributed by atoms with Crippen molar-refractivity contribution in [3.05, 3.63) is 54.0 Å². The van der Waals surface area contributed by atoms with Gasteiger partial charge >= 0.3 is 0 Å². The fourth-order valence-corrected chi connectivity index (χ4v) is 2.80. The highest BCUT2D eigenvalue weighted by atomic mass is 16.5. The summed E-state index contributed by atoms with van der Waals surface area (Å²) >= 11 is 0. The molecule has 136 valence electrons. The Morgan fingerprint density at radius 1 is 1.23 bits per heavy atom. The van der Waals surface area contributed by atoms with Crippen LogP contribution in [-0.2, 0) is 6.54 Å². The number of fused-ring (bicyclic) bond motifs is 1. The number of methoxy groups -OCH3 is 1. The van der Waals surface area contributed by atoms with E-state index in [-0.39, 0.29) is 5.91 Å². The average molecular weight is 353 g/mol. The summed E-state index contributed by atoms with van der Waals surface area (Å²) in [5.74, 6) is 0.334. The predicted molar refractivity (Wildman–Crippen MR) is 101 cm³/mol. The molecule has 0 fully saturated rings. The summed E-state index contributed by atoms with van der Waals surface area (Å²) in [6.45, 7) is 7.01. The quantitative estimate of drug-likeness (QED) is 0.707. The third-order valence-corrected chi connectivity index (χ3v) is 4.31.